The predicted octanol–water partition coefficient (Wildman–Crippen LogP) is 3.36. The van der Waals surface area contributed by atoms with Crippen LogP contribution in [0.2, 0.25) is 0 Å². The first-order chi connectivity index (χ1) is 16.3. The summed E-state index contributed by atoms with van der Waals surface area (Å²) < 4.78 is 18.6. The summed E-state index contributed by atoms with van der Waals surface area (Å²) in [5.74, 6) is -2.07. The molecule has 0 spiro atoms. The van der Waals surface area contributed by atoms with Gasteiger partial charge in [0.1, 0.15) is 11.6 Å². The molecule has 10 nitrogen and oxygen atoms in total. The van der Waals surface area contributed by atoms with Crippen molar-refractivity contribution in [3.8, 4) is 5.75 Å². The van der Waals surface area contributed by atoms with E-state index in [0.717, 1.165) is 12.1 Å². The molecule has 0 saturated carbocycles. The van der Waals surface area contributed by atoms with Gasteiger partial charge in [-0.3, -0.25) is 24.5 Å². The average Bonchev–Trinajstić information content (AvgIpc) is 2.82. The molecule has 3 aromatic carbocycles. The van der Waals surface area contributed by atoms with Crippen LogP contribution in [-0.4, -0.2) is 36.3 Å². The van der Waals surface area contributed by atoms with Crippen LogP contribution in [0.25, 0.3) is 0 Å². The van der Waals surface area contributed by atoms with E-state index in [2.05, 4.69) is 16.0 Å². The number of non-ortho nitro benzene ring substituents is 1. The lowest BCUT2D eigenvalue weighted by Gasteiger charge is -2.13. The standard InChI is InChI=1S/C23H19FN4O6/c1-34-20-9-8-17(12-19(20)27-23(31)14-4-2-6-16(24)10-14)26-21(29)13-25-22(30)15-5-3-7-18(11-15)28(32)33/h2-12H,13H2,1H3,(H,25,30)(H,26,29)(H,27,31). The van der Waals surface area contributed by atoms with Gasteiger partial charge in [0.2, 0.25) is 5.91 Å². The fraction of sp³-hybridized carbons (Fsp3) is 0.0870. The summed E-state index contributed by atoms with van der Waals surface area (Å²) in [5.41, 5.74) is 0.414. The van der Waals surface area contributed by atoms with Crippen molar-refractivity contribution >= 4 is 34.8 Å². The van der Waals surface area contributed by atoms with Crippen molar-refractivity contribution in [3.63, 3.8) is 0 Å². The van der Waals surface area contributed by atoms with Gasteiger partial charge in [0.05, 0.1) is 24.3 Å². The number of nitrogens with one attached hydrogen (secondary N) is 3. The number of ether oxygens (including phenoxy) is 1. The van der Waals surface area contributed by atoms with E-state index in [4.69, 9.17) is 4.74 Å². The molecule has 3 N–H and O–H groups in total. The summed E-state index contributed by atoms with van der Waals surface area (Å²) in [5, 5.41) is 18.4. The van der Waals surface area contributed by atoms with Gasteiger partial charge >= 0.3 is 0 Å². The lowest BCUT2D eigenvalue weighted by Crippen LogP contribution is -2.32. The monoisotopic (exact) mass is 466 g/mol. The van der Waals surface area contributed by atoms with Gasteiger partial charge in [-0.05, 0) is 42.5 Å². The van der Waals surface area contributed by atoms with Crippen molar-refractivity contribution in [3.05, 3.63) is 93.8 Å². The molecule has 0 aliphatic rings. The highest BCUT2D eigenvalue weighted by Crippen LogP contribution is 2.28. The summed E-state index contributed by atoms with van der Waals surface area (Å²) in [6.07, 6.45) is 0. The molecule has 0 saturated heterocycles. The van der Waals surface area contributed by atoms with Crippen molar-refractivity contribution in [2.45, 2.75) is 0 Å². The molecule has 0 fully saturated rings. The minimum absolute atomic E-state index is 0.0359. The Kier molecular flexibility index (Phi) is 7.49. The summed E-state index contributed by atoms with van der Waals surface area (Å²) in [4.78, 5) is 47.1. The molecule has 34 heavy (non-hydrogen) atoms. The maximum absolute atomic E-state index is 13.4. The molecule has 0 bridgehead atoms. The molecule has 0 unspecified atom stereocenters. The van der Waals surface area contributed by atoms with Gasteiger partial charge in [0, 0.05) is 28.9 Å². The number of methoxy groups -OCH3 is 1. The fourth-order valence-electron chi connectivity index (χ4n) is 2.94. The summed E-state index contributed by atoms with van der Waals surface area (Å²) in [6, 6.07) is 14.7. The van der Waals surface area contributed by atoms with Gasteiger partial charge in [0.25, 0.3) is 17.5 Å². The lowest BCUT2D eigenvalue weighted by molar-refractivity contribution is -0.384. The van der Waals surface area contributed by atoms with Crippen LogP contribution in [0.1, 0.15) is 20.7 Å². The van der Waals surface area contributed by atoms with E-state index in [0.29, 0.717) is 11.4 Å². The second kappa shape index (κ2) is 10.7. The van der Waals surface area contributed by atoms with Gasteiger partial charge < -0.3 is 20.7 Å². The molecule has 11 heteroatoms. The van der Waals surface area contributed by atoms with Crippen molar-refractivity contribution in [1.29, 1.82) is 0 Å². The van der Waals surface area contributed by atoms with Gasteiger partial charge in [0.15, 0.2) is 0 Å². The Balaban J connectivity index is 1.64. The number of carbonyl (C=O) groups is 3. The third-order valence-corrected chi connectivity index (χ3v) is 4.55. The Bertz CT molecular complexity index is 1260. The quantitative estimate of drug-likeness (QED) is 0.344. The third-order valence-electron chi connectivity index (χ3n) is 4.55. The van der Waals surface area contributed by atoms with Crippen LogP contribution in [-0.2, 0) is 4.79 Å². The highest BCUT2D eigenvalue weighted by Gasteiger charge is 2.14. The van der Waals surface area contributed by atoms with E-state index in [1.807, 2.05) is 0 Å². The van der Waals surface area contributed by atoms with Crippen LogP contribution in [0, 0.1) is 15.9 Å². The molecule has 0 radical (unpaired) electrons. The minimum atomic E-state index is -0.656. The second-order valence-electron chi connectivity index (χ2n) is 6.92. The topological polar surface area (TPSA) is 140 Å². The molecule has 3 aromatic rings. The van der Waals surface area contributed by atoms with Crippen molar-refractivity contribution in [1.82, 2.24) is 5.32 Å². The summed E-state index contributed by atoms with van der Waals surface area (Å²) in [6.45, 7) is -0.404. The Hall–Kier alpha value is -4.80. The van der Waals surface area contributed by atoms with E-state index < -0.39 is 35.0 Å². The van der Waals surface area contributed by atoms with E-state index in [1.54, 1.807) is 0 Å². The number of nitro benzene ring substituents is 1. The molecular weight excluding hydrogens is 447 g/mol. The summed E-state index contributed by atoms with van der Waals surface area (Å²) in [7, 11) is 1.40. The number of nitro groups is 1. The molecule has 0 aliphatic heterocycles. The fourth-order valence-corrected chi connectivity index (χ4v) is 2.94. The maximum Gasteiger partial charge on any atom is 0.270 e. The summed E-state index contributed by atoms with van der Waals surface area (Å²) >= 11 is 0. The Morgan fingerprint density at radius 3 is 2.32 bits per heavy atom. The smallest absolute Gasteiger partial charge is 0.270 e. The zero-order valence-corrected chi connectivity index (χ0v) is 17.8. The van der Waals surface area contributed by atoms with Crippen LogP contribution >= 0.6 is 0 Å². The van der Waals surface area contributed by atoms with Crippen LogP contribution in [0.5, 0.6) is 5.75 Å². The van der Waals surface area contributed by atoms with Gasteiger partial charge in [-0.15, -0.1) is 0 Å². The normalized spacial score (nSPS) is 10.2. The largest absolute Gasteiger partial charge is 0.495 e. The van der Waals surface area contributed by atoms with Crippen molar-refractivity contribution in [2.75, 3.05) is 24.3 Å². The first-order valence-corrected chi connectivity index (χ1v) is 9.84. The van der Waals surface area contributed by atoms with E-state index >= 15 is 0 Å². The number of rotatable bonds is 8. The van der Waals surface area contributed by atoms with Crippen LogP contribution in [0.15, 0.2) is 66.7 Å². The van der Waals surface area contributed by atoms with E-state index in [9.17, 15) is 28.9 Å². The Morgan fingerprint density at radius 2 is 1.65 bits per heavy atom. The van der Waals surface area contributed by atoms with Crippen molar-refractivity contribution < 1.29 is 28.4 Å². The molecule has 0 heterocycles. The van der Waals surface area contributed by atoms with Crippen LogP contribution in [0.4, 0.5) is 21.5 Å². The average molecular weight is 466 g/mol. The Labute approximate surface area is 192 Å². The predicted molar refractivity (Wildman–Crippen MR) is 121 cm³/mol. The zero-order valence-electron chi connectivity index (χ0n) is 17.8. The SMILES string of the molecule is COc1ccc(NC(=O)CNC(=O)c2cccc([N+](=O)[O-])c2)cc1NC(=O)c1cccc(F)c1. The highest BCUT2D eigenvalue weighted by atomic mass is 19.1. The van der Waals surface area contributed by atoms with Gasteiger partial charge in [-0.2, -0.15) is 0 Å². The number of nitrogens with zero attached hydrogens (tertiary/aromatic N) is 1. The number of benzene rings is 3. The number of amides is 3. The number of carbonyl (C=O) groups excluding carboxylic acids is 3. The molecule has 0 aromatic heterocycles. The maximum atomic E-state index is 13.4. The highest BCUT2D eigenvalue weighted by molar-refractivity contribution is 6.06. The zero-order chi connectivity index (χ0) is 24.7. The molecule has 0 aliphatic carbocycles. The molecule has 3 rings (SSSR count). The van der Waals surface area contributed by atoms with Crippen LogP contribution in [0.3, 0.4) is 0 Å². The first kappa shape index (κ1) is 23.9. The van der Waals surface area contributed by atoms with Gasteiger partial charge in [-0.1, -0.05) is 12.1 Å². The van der Waals surface area contributed by atoms with Gasteiger partial charge in [-0.25, -0.2) is 4.39 Å². The second-order valence-corrected chi connectivity index (χ2v) is 6.92. The Morgan fingerprint density at radius 1 is 0.941 bits per heavy atom. The van der Waals surface area contributed by atoms with Crippen molar-refractivity contribution in [2.24, 2.45) is 0 Å². The number of halogens is 1. The molecule has 3 amide bonds. The number of hydrogen-bond acceptors (Lipinski definition) is 6. The number of hydrogen-bond donors (Lipinski definition) is 3. The van der Waals surface area contributed by atoms with E-state index in [-0.39, 0.29) is 22.5 Å². The minimum Gasteiger partial charge on any atom is -0.495 e. The number of anilines is 2. The third kappa shape index (κ3) is 6.13. The molecule has 0 atom stereocenters. The lowest BCUT2D eigenvalue weighted by atomic mass is 10.2. The molecule has 174 valence electrons. The molecular formula is C23H19FN4O6. The van der Waals surface area contributed by atoms with E-state index in [1.165, 1.54) is 61.7 Å². The van der Waals surface area contributed by atoms with Crippen LogP contribution < -0.4 is 20.7 Å². The first-order valence-electron chi connectivity index (χ1n) is 9.84.